The molecule has 0 saturated carbocycles. The molecular weight excluding hydrogens is 324 g/mol. The Labute approximate surface area is 156 Å². The molecule has 1 aliphatic carbocycles. The van der Waals surface area contributed by atoms with Crippen LogP contribution in [-0.4, -0.2) is 34.4 Å². The molecule has 2 atom stereocenters. The first kappa shape index (κ1) is 17.0. The molecule has 0 radical (unpaired) electrons. The number of rotatable bonds is 4. The normalized spacial score (nSPS) is 23.4. The Bertz CT molecular complexity index is 762. The van der Waals surface area contributed by atoms with Gasteiger partial charge in [-0.25, -0.2) is 0 Å². The fraction of sp³-hybridized carbons (Fsp3) is 0.500. The molecule has 25 heavy (non-hydrogen) atoms. The van der Waals surface area contributed by atoms with E-state index >= 15 is 0 Å². The lowest BCUT2D eigenvalue weighted by molar-refractivity contribution is 0.153. The van der Waals surface area contributed by atoms with E-state index in [1.54, 1.807) is 0 Å². The second-order valence-electron chi connectivity index (χ2n) is 7.70. The highest BCUT2D eigenvalue weighted by Crippen LogP contribution is 2.38. The summed E-state index contributed by atoms with van der Waals surface area (Å²) in [5, 5.41) is 0. The van der Waals surface area contributed by atoms with Crippen LogP contribution in [0.3, 0.4) is 0 Å². The van der Waals surface area contributed by atoms with Crippen LogP contribution in [0.5, 0.6) is 0 Å². The maximum absolute atomic E-state index is 6.01. The number of hydrogen-bond donors (Lipinski definition) is 1. The minimum atomic E-state index is 0.563. The Morgan fingerprint density at radius 3 is 2.80 bits per heavy atom. The van der Waals surface area contributed by atoms with E-state index in [9.17, 15) is 0 Å². The zero-order valence-electron chi connectivity index (χ0n) is 15.3. The molecule has 1 aromatic heterocycles. The first-order valence-corrected chi connectivity index (χ1v) is 10.1. The summed E-state index contributed by atoms with van der Waals surface area (Å²) in [6, 6.07) is 10.8. The lowest BCUT2D eigenvalue weighted by atomic mass is 9.73. The number of piperidine rings is 1. The van der Waals surface area contributed by atoms with Gasteiger partial charge >= 0.3 is 0 Å². The highest BCUT2D eigenvalue weighted by molar-refractivity contribution is 7.80. The molecule has 132 valence electrons. The largest absolute Gasteiger partial charge is 0.362 e. The lowest BCUT2D eigenvalue weighted by Crippen LogP contribution is -2.47. The van der Waals surface area contributed by atoms with Gasteiger partial charge in [0.25, 0.3) is 0 Å². The van der Waals surface area contributed by atoms with Crippen molar-refractivity contribution in [1.82, 2.24) is 9.88 Å². The van der Waals surface area contributed by atoms with Crippen LogP contribution in [-0.2, 0) is 19.3 Å². The number of nitrogens with zero attached hydrogens (tertiary/aromatic N) is 1. The van der Waals surface area contributed by atoms with Crippen LogP contribution < -0.4 is 0 Å². The molecule has 2 aromatic rings. The Morgan fingerprint density at radius 2 is 2.04 bits per heavy atom. The van der Waals surface area contributed by atoms with E-state index in [2.05, 4.69) is 54.1 Å². The Kier molecular flexibility index (Phi) is 4.79. The first-order chi connectivity index (χ1) is 12.2. The van der Waals surface area contributed by atoms with Crippen LogP contribution in [0.25, 0.3) is 0 Å². The van der Waals surface area contributed by atoms with Crippen LogP contribution in [0.2, 0.25) is 0 Å². The number of aromatic nitrogens is 1. The molecule has 2 nitrogen and oxygen atoms in total. The minimum Gasteiger partial charge on any atom is -0.362 e. The van der Waals surface area contributed by atoms with E-state index < -0.39 is 0 Å². The number of nitrogens with one attached hydrogen (secondary N) is 1. The van der Waals surface area contributed by atoms with Crippen molar-refractivity contribution in [3.63, 3.8) is 0 Å². The molecule has 0 bridgehead atoms. The number of fused-ring (bicyclic) bond motifs is 2. The minimum absolute atomic E-state index is 0.563. The number of H-pyrrole nitrogens is 1. The third-order valence-electron chi connectivity index (χ3n) is 6.20. The number of thiocarbonyl (C=S) groups is 1. The quantitative estimate of drug-likeness (QED) is 0.826. The van der Waals surface area contributed by atoms with Gasteiger partial charge in [-0.15, -0.1) is 0 Å². The summed E-state index contributed by atoms with van der Waals surface area (Å²) >= 11 is 6.01. The molecule has 1 aliphatic heterocycles. The predicted octanol–water partition coefficient (Wildman–Crippen LogP) is 4.34. The zero-order chi connectivity index (χ0) is 17.4. The molecule has 3 heteroatoms. The van der Waals surface area contributed by atoms with E-state index in [4.69, 9.17) is 12.2 Å². The maximum Gasteiger partial charge on any atom is 0.0292 e. The van der Waals surface area contributed by atoms with Gasteiger partial charge in [0.1, 0.15) is 0 Å². The summed E-state index contributed by atoms with van der Waals surface area (Å²) in [5.74, 6) is 1.29. The van der Waals surface area contributed by atoms with E-state index in [1.165, 1.54) is 52.3 Å². The van der Waals surface area contributed by atoms with Gasteiger partial charge in [0, 0.05) is 40.8 Å². The number of hydrogen-bond acceptors (Lipinski definition) is 2. The Hall–Kier alpha value is -1.45. The zero-order valence-corrected chi connectivity index (χ0v) is 16.2. The fourth-order valence-electron chi connectivity index (χ4n) is 4.82. The van der Waals surface area contributed by atoms with Crippen molar-refractivity contribution in [3.05, 3.63) is 58.4 Å². The van der Waals surface area contributed by atoms with Crippen LogP contribution in [0.1, 0.15) is 41.4 Å². The van der Waals surface area contributed by atoms with Crippen molar-refractivity contribution in [2.45, 2.75) is 39.5 Å². The summed E-state index contributed by atoms with van der Waals surface area (Å²) in [4.78, 5) is 7.50. The number of aryl methyl sites for hydroxylation is 1. The van der Waals surface area contributed by atoms with Crippen LogP contribution in [0.4, 0.5) is 0 Å². The van der Waals surface area contributed by atoms with Gasteiger partial charge in [-0.05, 0) is 56.2 Å². The van der Waals surface area contributed by atoms with Crippen LogP contribution in [0, 0.1) is 18.8 Å². The standard InChI is InChI=1S/C22H28N2S/c1-3-18-15(2)23-20-13-17-10-12-24(14-19(17)22(25)21(18)20)11-9-16-7-5-4-6-8-16/h4-8,17,19,23H,3,9-14H2,1-2H3. The second-order valence-corrected chi connectivity index (χ2v) is 8.14. The van der Waals surface area contributed by atoms with E-state index in [0.29, 0.717) is 5.92 Å². The molecule has 1 fully saturated rings. The van der Waals surface area contributed by atoms with Gasteiger partial charge in [0.05, 0.1) is 0 Å². The van der Waals surface area contributed by atoms with Gasteiger partial charge in [0.2, 0.25) is 0 Å². The first-order valence-electron chi connectivity index (χ1n) is 9.68. The monoisotopic (exact) mass is 352 g/mol. The second kappa shape index (κ2) is 7.05. The molecule has 1 N–H and O–H groups in total. The molecule has 2 heterocycles. The van der Waals surface area contributed by atoms with Gasteiger partial charge in [-0.1, -0.05) is 49.5 Å². The lowest BCUT2D eigenvalue weighted by Gasteiger charge is -2.41. The van der Waals surface area contributed by atoms with Gasteiger partial charge in [0.15, 0.2) is 0 Å². The summed E-state index contributed by atoms with van der Waals surface area (Å²) in [5.41, 5.74) is 7.04. The predicted molar refractivity (Wildman–Crippen MR) is 108 cm³/mol. The average Bonchev–Trinajstić information content (AvgIpc) is 2.96. The molecule has 2 unspecified atom stereocenters. The smallest absolute Gasteiger partial charge is 0.0292 e. The summed E-state index contributed by atoms with van der Waals surface area (Å²) < 4.78 is 0. The molecule has 0 amide bonds. The summed E-state index contributed by atoms with van der Waals surface area (Å²) in [6.07, 6.45) is 4.68. The van der Waals surface area contributed by atoms with Crippen molar-refractivity contribution in [2.24, 2.45) is 11.8 Å². The molecular formula is C22H28N2S. The average molecular weight is 353 g/mol. The number of benzene rings is 1. The van der Waals surface area contributed by atoms with Crippen LogP contribution in [0.15, 0.2) is 30.3 Å². The molecule has 1 saturated heterocycles. The number of aromatic amines is 1. The van der Waals surface area contributed by atoms with Crippen molar-refractivity contribution >= 4 is 17.1 Å². The van der Waals surface area contributed by atoms with E-state index in [0.717, 1.165) is 31.8 Å². The molecule has 4 rings (SSSR count). The van der Waals surface area contributed by atoms with Crippen molar-refractivity contribution in [1.29, 1.82) is 0 Å². The Balaban J connectivity index is 1.48. The third-order valence-corrected chi connectivity index (χ3v) is 6.70. The topological polar surface area (TPSA) is 19.0 Å². The van der Waals surface area contributed by atoms with Gasteiger partial charge in [-0.3, -0.25) is 0 Å². The molecule has 0 spiro atoms. The molecule has 2 aliphatic rings. The van der Waals surface area contributed by atoms with Crippen LogP contribution >= 0.6 is 12.2 Å². The maximum atomic E-state index is 6.01. The summed E-state index contributed by atoms with van der Waals surface area (Å²) in [6.45, 7) is 7.96. The molecule has 1 aromatic carbocycles. The highest BCUT2D eigenvalue weighted by atomic mass is 32.1. The van der Waals surface area contributed by atoms with Crippen molar-refractivity contribution in [2.75, 3.05) is 19.6 Å². The fourth-order valence-corrected chi connectivity index (χ4v) is 5.33. The van der Waals surface area contributed by atoms with E-state index in [-0.39, 0.29) is 0 Å². The van der Waals surface area contributed by atoms with E-state index in [1.807, 2.05) is 0 Å². The third kappa shape index (κ3) is 3.20. The number of likely N-dealkylation sites (tertiary alicyclic amines) is 1. The van der Waals surface area contributed by atoms with Gasteiger partial charge in [-0.2, -0.15) is 0 Å². The summed E-state index contributed by atoms with van der Waals surface area (Å²) in [7, 11) is 0. The SMILES string of the molecule is CCc1c(C)[nH]c2c1C(=S)C1CN(CCc3ccccc3)CCC1C2. The van der Waals surface area contributed by atoms with Crippen molar-refractivity contribution in [3.8, 4) is 0 Å². The van der Waals surface area contributed by atoms with Crippen molar-refractivity contribution < 1.29 is 0 Å². The highest BCUT2D eigenvalue weighted by Gasteiger charge is 2.38. The Morgan fingerprint density at radius 1 is 1.24 bits per heavy atom. The van der Waals surface area contributed by atoms with Gasteiger partial charge < -0.3 is 9.88 Å².